The number of nitrogens with two attached hydrogens (primary N) is 1. The predicted octanol–water partition coefficient (Wildman–Crippen LogP) is 0.887. The quantitative estimate of drug-likeness (QED) is 0.432. The number of hydrazine groups is 1. The third-order valence-electron chi connectivity index (χ3n) is 1.72. The third-order valence-corrected chi connectivity index (χ3v) is 1.72. The van der Waals surface area contributed by atoms with Crippen LogP contribution in [0.4, 0.5) is 8.78 Å². The lowest BCUT2D eigenvalue weighted by Gasteiger charge is -2.01. The van der Waals surface area contributed by atoms with Gasteiger partial charge in [0.25, 0.3) is 0 Å². The molecule has 0 spiro atoms. The first-order valence-electron chi connectivity index (χ1n) is 4.06. The first kappa shape index (κ1) is 10.6. The largest absolute Gasteiger partial charge is 0.294 e. The zero-order valence-corrected chi connectivity index (χ0v) is 7.39. The van der Waals surface area contributed by atoms with E-state index in [1.54, 1.807) is 0 Å². The monoisotopic (exact) mass is 200 g/mol. The molecule has 14 heavy (non-hydrogen) atoms. The molecule has 1 aromatic carbocycles. The third kappa shape index (κ3) is 3.10. The van der Waals surface area contributed by atoms with E-state index in [4.69, 9.17) is 5.84 Å². The fraction of sp³-hybridized carbons (Fsp3) is 0.222. The number of aryl methyl sites for hydroxylation is 1. The van der Waals surface area contributed by atoms with Gasteiger partial charge in [0.15, 0.2) is 0 Å². The molecule has 0 unspecified atom stereocenters. The Morgan fingerprint density at radius 3 is 2.36 bits per heavy atom. The number of carbonyl (C=O) groups is 1. The van der Waals surface area contributed by atoms with Crippen molar-refractivity contribution >= 4 is 5.91 Å². The van der Waals surface area contributed by atoms with Crippen molar-refractivity contribution in [2.75, 3.05) is 0 Å². The van der Waals surface area contributed by atoms with E-state index in [1.165, 1.54) is 12.1 Å². The van der Waals surface area contributed by atoms with Gasteiger partial charge in [-0.1, -0.05) is 0 Å². The van der Waals surface area contributed by atoms with Crippen molar-refractivity contribution < 1.29 is 13.6 Å². The van der Waals surface area contributed by atoms with Gasteiger partial charge in [-0.3, -0.25) is 10.2 Å². The molecule has 0 radical (unpaired) electrons. The van der Waals surface area contributed by atoms with Gasteiger partial charge in [0, 0.05) is 12.5 Å². The van der Waals surface area contributed by atoms with Crippen molar-refractivity contribution in [3.05, 3.63) is 35.4 Å². The zero-order valence-electron chi connectivity index (χ0n) is 7.39. The Morgan fingerprint density at radius 2 is 1.86 bits per heavy atom. The lowest BCUT2D eigenvalue weighted by Crippen LogP contribution is -2.30. The van der Waals surface area contributed by atoms with Crippen molar-refractivity contribution in [1.82, 2.24) is 5.43 Å². The summed E-state index contributed by atoms with van der Waals surface area (Å²) in [6, 6.07) is 3.16. The van der Waals surface area contributed by atoms with Crippen molar-refractivity contribution in [2.24, 2.45) is 5.84 Å². The summed E-state index contributed by atoms with van der Waals surface area (Å²) < 4.78 is 25.3. The number of rotatable bonds is 3. The van der Waals surface area contributed by atoms with Crippen molar-refractivity contribution in [3.63, 3.8) is 0 Å². The standard InChI is InChI=1S/C9H10F2N2O/c10-7-3-6(4-8(11)5-7)1-2-9(14)13-12/h3-5H,1-2,12H2,(H,13,14). The SMILES string of the molecule is NNC(=O)CCc1cc(F)cc(F)c1. The van der Waals surface area contributed by atoms with E-state index in [1.807, 2.05) is 5.43 Å². The van der Waals surface area contributed by atoms with Gasteiger partial charge in [0.2, 0.25) is 5.91 Å². The van der Waals surface area contributed by atoms with Gasteiger partial charge in [0.05, 0.1) is 0 Å². The molecule has 0 aromatic heterocycles. The fourth-order valence-electron chi connectivity index (χ4n) is 1.09. The minimum Gasteiger partial charge on any atom is -0.294 e. The second-order valence-corrected chi connectivity index (χ2v) is 2.85. The van der Waals surface area contributed by atoms with Crippen LogP contribution in [0.3, 0.4) is 0 Å². The number of hydrogen-bond acceptors (Lipinski definition) is 2. The molecule has 5 heteroatoms. The smallest absolute Gasteiger partial charge is 0.234 e. The molecule has 1 amide bonds. The maximum absolute atomic E-state index is 12.7. The minimum atomic E-state index is -0.645. The number of nitrogens with one attached hydrogen (secondary N) is 1. The summed E-state index contributed by atoms with van der Waals surface area (Å²) in [6.45, 7) is 0. The molecule has 0 bridgehead atoms. The molecule has 3 N–H and O–H groups in total. The number of benzene rings is 1. The average molecular weight is 200 g/mol. The molecule has 76 valence electrons. The second kappa shape index (κ2) is 4.66. The van der Waals surface area contributed by atoms with Gasteiger partial charge < -0.3 is 0 Å². The second-order valence-electron chi connectivity index (χ2n) is 2.85. The summed E-state index contributed by atoms with van der Waals surface area (Å²) in [6.07, 6.45) is 0.372. The van der Waals surface area contributed by atoms with Gasteiger partial charge in [0.1, 0.15) is 11.6 Å². The van der Waals surface area contributed by atoms with Gasteiger partial charge in [-0.15, -0.1) is 0 Å². The van der Waals surface area contributed by atoms with Crippen LogP contribution in [-0.2, 0) is 11.2 Å². The first-order valence-corrected chi connectivity index (χ1v) is 4.06. The molecule has 0 aliphatic carbocycles. The first-order chi connectivity index (χ1) is 6.61. The highest BCUT2D eigenvalue weighted by Gasteiger charge is 2.03. The van der Waals surface area contributed by atoms with E-state index in [2.05, 4.69) is 0 Å². The fourth-order valence-corrected chi connectivity index (χ4v) is 1.09. The Hall–Kier alpha value is -1.49. The molecular formula is C9H10F2N2O. The summed E-state index contributed by atoms with van der Waals surface area (Å²) in [5, 5.41) is 0. The van der Waals surface area contributed by atoms with E-state index in [0.717, 1.165) is 6.07 Å². The average Bonchev–Trinajstić information content (AvgIpc) is 2.12. The van der Waals surface area contributed by atoms with E-state index in [9.17, 15) is 13.6 Å². The minimum absolute atomic E-state index is 0.111. The highest BCUT2D eigenvalue weighted by Crippen LogP contribution is 2.09. The number of hydrogen-bond donors (Lipinski definition) is 2. The van der Waals surface area contributed by atoms with E-state index < -0.39 is 11.6 Å². The van der Waals surface area contributed by atoms with Crippen LogP contribution in [0.2, 0.25) is 0 Å². The molecule has 0 saturated carbocycles. The number of amides is 1. The Bertz CT molecular complexity index is 321. The molecule has 1 rings (SSSR count). The van der Waals surface area contributed by atoms with Crippen LogP contribution in [0, 0.1) is 11.6 Å². The van der Waals surface area contributed by atoms with Crippen LogP contribution in [-0.4, -0.2) is 5.91 Å². The Labute approximate surface area is 79.9 Å². The Kier molecular flexibility index (Phi) is 3.53. The van der Waals surface area contributed by atoms with Gasteiger partial charge >= 0.3 is 0 Å². The summed E-state index contributed by atoms with van der Waals surface area (Å²) in [4.78, 5) is 10.7. The maximum Gasteiger partial charge on any atom is 0.234 e. The van der Waals surface area contributed by atoms with Crippen LogP contribution >= 0.6 is 0 Å². The van der Waals surface area contributed by atoms with Gasteiger partial charge in [-0.05, 0) is 24.1 Å². The van der Waals surface area contributed by atoms with Crippen molar-refractivity contribution in [1.29, 1.82) is 0 Å². The van der Waals surface area contributed by atoms with Gasteiger partial charge in [-0.2, -0.15) is 0 Å². The van der Waals surface area contributed by atoms with Crippen LogP contribution in [0.5, 0.6) is 0 Å². The van der Waals surface area contributed by atoms with Crippen LogP contribution in [0.15, 0.2) is 18.2 Å². The molecular weight excluding hydrogens is 190 g/mol. The van der Waals surface area contributed by atoms with Crippen molar-refractivity contribution in [3.8, 4) is 0 Å². The van der Waals surface area contributed by atoms with Gasteiger partial charge in [-0.25, -0.2) is 14.6 Å². The number of halogens is 2. The maximum atomic E-state index is 12.7. The molecule has 3 nitrogen and oxygen atoms in total. The Balaban J connectivity index is 2.63. The molecule has 0 aliphatic heterocycles. The van der Waals surface area contributed by atoms with Crippen LogP contribution in [0.25, 0.3) is 0 Å². The van der Waals surface area contributed by atoms with Crippen molar-refractivity contribution in [2.45, 2.75) is 12.8 Å². The summed E-state index contributed by atoms with van der Waals surface area (Å²) in [7, 11) is 0. The van der Waals surface area contributed by atoms with E-state index in [-0.39, 0.29) is 18.7 Å². The Morgan fingerprint density at radius 1 is 1.29 bits per heavy atom. The molecule has 0 fully saturated rings. The summed E-state index contributed by atoms with van der Waals surface area (Å²) in [5.74, 6) is 3.19. The normalized spacial score (nSPS) is 9.93. The lowest BCUT2D eigenvalue weighted by molar-refractivity contribution is -0.121. The predicted molar refractivity (Wildman–Crippen MR) is 47.0 cm³/mol. The number of carbonyl (C=O) groups excluding carboxylic acids is 1. The topological polar surface area (TPSA) is 55.1 Å². The molecule has 0 atom stereocenters. The van der Waals surface area contributed by atoms with Crippen LogP contribution < -0.4 is 11.3 Å². The summed E-state index contributed by atoms with van der Waals surface area (Å²) in [5.41, 5.74) is 2.37. The van der Waals surface area contributed by atoms with E-state index >= 15 is 0 Å². The highest BCUT2D eigenvalue weighted by molar-refractivity contribution is 5.75. The van der Waals surface area contributed by atoms with E-state index in [0.29, 0.717) is 5.56 Å². The molecule has 0 saturated heterocycles. The molecule has 1 aromatic rings. The lowest BCUT2D eigenvalue weighted by atomic mass is 10.1. The summed E-state index contributed by atoms with van der Waals surface area (Å²) >= 11 is 0. The molecule has 0 heterocycles. The molecule has 0 aliphatic rings. The zero-order chi connectivity index (χ0) is 10.6. The van der Waals surface area contributed by atoms with Crippen LogP contribution in [0.1, 0.15) is 12.0 Å². The highest BCUT2D eigenvalue weighted by atomic mass is 19.1.